The van der Waals surface area contributed by atoms with Crippen LogP contribution >= 0.6 is 22.9 Å². The highest BCUT2D eigenvalue weighted by molar-refractivity contribution is 7.09. The number of halogens is 1. The molecule has 1 aliphatic rings. The second-order valence-corrected chi connectivity index (χ2v) is 12.1. The van der Waals surface area contributed by atoms with Crippen LogP contribution in [0.1, 0.15) is 51.4 Å². The molecule has 0 saturated carbocycles. The highest BCUT2D eigenvalue weighted by Crippen LogP contribution is 2.46. The Morgan fingerprint density at radius 2 is 1.70 bits per heavy atom. The zero-order valence-corrected chi connectivity index (χ0v) is 27.9. The molecule has 0 saturated heterocycles. The van der Waals surface area contributed by atoms with Crippen LogP contribution in [0, 0.1) is 0 Å². The summed E-state index contributed by atoms with van der Waals surface area (Å²) in [5.74, 6) is 1.30. The Balaban J connectivity index is 1.61. The van der Waals surface area contributed by atoms with Crippen LogP contribution in [0.4, 0.5) is 0 Å². The minimum atomic E-state index is -0.874. The van der Waals surface area contributed by atoms with E-state index in [0.29, 0.717) is 46.4 Å². The smallest absolute Gasteiger partial charge is 0.305 e. The van der Waals surface area contributed by atoms with Crippen LogP contribution in [0.3, 0.4) is 0 Å². The van der Waals surface area contributed by atoms with Gasteiger partial charge in [-0.25, -0.2) is 4.98 Å². The molecule has 0 spiro atoms. The monoisotopic (exact) mass is 665 g/mol. The van der Waals surface area contributed by atoms with E-state index in [1.54, 1.807) is 34.5 Å². The molecule has 242 valence electrons. The van der Waals surface area contributed by atoms with Crippen LogP contribution in [-0.4, -0.2) is 58.4 Å². The standard InChI is InChI=1S/C35H36ClNO8S/c1-40-23-12-9-20(29(17-23)42-3)15-26-24-13-10-21(36)16-27(24)34(25-7-6-8-28(41-2)35(25)44-5)45-30(33(26)39)18-31-37-22(19-46-31)11-14-32(38)43-4/h6-10,12-13,16-17,19,26,30,34H,11,14-15,18H2,1-5H3/t26?,30-,34-/m1/s1. The second kappa shape index (κ2) is 15.0. The zero-order valence-electron chi connectivity index (χ0n) is 26.3. The molecule has 11 heteroatoms. The summed E-state index contributed by atoms with van der Waals surface area (Å²) in [7, 11) is 7.70. The van der Waals surface area contributed by atoms with Crippen molar-refractivity contribution in [2.45, 2.75) is 43.8 Å². The van der Waals surface area contributed by atoms with E-state index in [4.69, 9.17) is 45.0 Å². The number of aryl methyl sites for hydroxylation is 1. The maximum Gasteiger partial charge on any atom is 0.305 e. The van der Waals surface area contributed by atoms with Gasteiger partial charge in [0, 0.05) is 40.8 Å². The van der Waals surface area contributed by atoms with Crippen molar-refractivity contribution in [2.24, 2.45) is 0 Å². The molecule has 4 aromatic rings. The van der Waals surface area contributed by atoms with Gasteiger partial charge in [-0.3, -0.25) is 9.59 Å². The van der Waals surface area contributed by atoms with Crippen LogP contribution in [-0.2, 0) is 38.3 Å². The number of benzene rings is 3. The molecule has 0 amide bonds. The number of ketones is 1. The number of carbonyl (C=O) groups excluding carboxylic acids is 2. The van der Waals surface area contributed by atoms with Crippen LogP contribution < -0.4 is 18.9 Å². The fraction of sp³-hybridized carbons (Fsp3) is 0.343. The number of rotatable bonds is 12. The molecule has 0 fully saturated rings. The van der Waals surface area contributed by atoms with Crippen molar-refractivity contribution in [3.8, 4) is 23.0 Å². The Kier molecular flexibility index (Phi) is 10.8. The highest BCUT2D eigenvalue weighted by atomic mass is 35.5. The lowest BCUT2D eigenvalue weighted by molar-refractivity contribution is -0.140. The molecule has 1 unspecified atom stereocenters. The number of hydrogen-bond acceptors (Lipinski definition) is 10. The van der Waals surface area contributed by atoms with Gasteiger partial charge < -0.3 is 28.4 Å². The van der Waals surface area contributed by atoms with Gasteiger partial charge in [0.2, 0.25) is 0 Å². The molecular formula is C35H36ClNO8S. The number of methoxy groups -OCH3 is 5. The average molecular weight is 666 g/mol. The highest BCUT2D eigenvalue weighted by Gasteiger charge is 2.40. The second-order valence-electron chi connectivity index (χ2n) is 10.7. The summed E-state index contributed by atoms with van der Waals surface area (Å²) >= 11 is 8.03. The van der Waals surface area contributed by atoms with Crippen LogP contribution in [0.25, 0.3) is 0 Å². The Hall–Kier alpha value is -4.12. The van der Waals surface area contributed by atoms with Crippen molar-refractivity contribution in [1.82, 2.24) is 4.98 Å². The van der Waals surface area contributed by atoms with Crippen molar-refractivity contribution in [2.75, 3.05) is 35.5 Å². The Labute approximate surface area is 277 Å². The fourth-order valence-electron chi connectivity index (χ4n) is 5.78. The molecule has 46 heavy (non-hydrogen) atoms. The average Bonchev–Trinajstić information content (AvgIpc) is 3.50. The van der Waals surface area contributed by atoms with Gasteiger partial charge in [0.25, 0.3) is 0 Å². The van der Waals surface area contributed by atoms with E-state index in [0.717, 1.165) is 27.4 Å². The van der Waals surface area contributed by atoms with Gasteiger partial charge in [-0.2, -0.15) is 0 Å². The third-order valence-electron chi connectivity index (χ3n) is 8.07. The van der Waals surface area contributed by atoms with Crippen molar-refractivity contribution in [3.63, 3.8) is 0 Å². The minimum absolute atomic E-state index is 0.0999. The number of carbonyl (C=O) groups is 2. The van der Waals surface area contributed by atoms with Crippen molar-refractivity contribution in [3.05, 3.63) is 98.0 Å². The van der Waals surface area contributed by atoms with E-state index in [9.17, 15) is 9.59 Å². The summed E-state index contributed by atoms with van der Waals surface area (Å²) in [5, 5.41) is 3.13. The van der Waals surface area contributed by atoms with E-state index in [2.05, 4.69) is 0 Å². The summed E-state index contributed by atoms with van der Waals surface area (Å²) in [4.78, 5) is 31.1. The van der Waals surface area contributed by atoms with Crippen LogP contribution in [0.5, 0.6) is 23.0 Å². The molecule has 5 rings (SSSR count). The maximum atomic E-state index is 14.7. The minimum Gasteiger partial charge on any atom is -0.497 e. The third kappa shape index (κ3) is 7.14. The Morgan fingerprint density at radius 3 is 2.41 bits per heavy atom. The van der Waals surface area contributed by atoms with Gasteiger partial charge in [0.15, 0.2) is 17.3 Å². The quantitative estimate of drug-likeness (QED) is 0.156. The van der Waals surface area contributed by atoms with Crippen molar-refractivity contribution < 1.29 is 38.0 Å². The molecule has 1 aromatic heterocycles. The SMILES string of the molecule is COC(=O)CCc1csc(C[C@H]2O[C@H](c3cccc(OC)c3OC)c3cc(Cl)ccc3C(Cc3ccc(OC)cc3OC)C2=O)n1. The first-order valence-corrected chi connectivity index (χ1v) is 16.0. The summed E-state index contributed by atoms with van der Waals surface area (Å²) in [6.07, 6.45) is -0.336. The molecular weight excluding hydrogens is 630 g/mol. The lowest BCUT2D eigenvalue weighted by Crippen LogP contribution is -2.31. The lowest BCUT2D eigenvalue weighted by Gasteiger charge is -2.24. The van der Waals surface area contributed by atoms with Crippen LogP contribution in [0.15, 0.2) is 60.0 Å². The molecule has 3 atom stereocenters. The number of aromatic nitrogens is 1. The number of esters is 1. The van der Waals surface area contributed by atoms with Gasteiger partial charge in [0.05, 0.1) is 52.7 Å². The predicted molar refractivity (Wildman–Crippen MR) is 175 cm³/mol. The summed E-state index contributed by atoms with van der Waals surface area (Å²) in [6.45, 7) is 0. The molecule has 9 nitrogen and oxygen atoms in total. The van der Waals surface area contributed by atoms with Gasteiger partial charge in [-0.1, -0.05) is 35.9 Å². The van der Waals surface area contributed by atoms with Gasteiger partial charge in [-0.05, 0) is 47.4 Å². The van der Waals surface area contributed by atoms with Gasteiger partial charge in [-0.15, -0.1) is 11.3 Å². The van der Waals surface area contributed by atoms with Crippen LogP contribution in [0.2, 0.25) is 5.02 Å². The Morgan fingerprint density at radius 1 is 0.891 bits per heavy atom. The van der Waals surface area contributed by atoms with E-state index in [-0.39, 0.29) is 24.6 Å². The largest absolute Gasteiger partial charge is 0.497 e. The Bertz CT molecular complexity index is 1710. The number of hydrogen-bond donors (Lipinski definition) is 0. The number of nitrogens with zero attached hydrogens (tertiary/aromatic N) is 1. The fourth-order valence-corrected chi connectivity index (χ4v) is 6.82. The zero-order chi connectivity index (χ0) is 32.8. The van der Waals surface area contributed by atoms with Gasteiger partial charge in [0.1, 0.15) is 23.7 Å². The van der Waals surface area contributed by atoms with E-state index < -0.39 is 18.1 Å². The molecule has 2 heterocycles. The summed E-state index contributed by atoms with van der Waals surface area (Å²) < 4.78 is 34.1. The summed E-state index contributed by atoms with van der Waals surface area (Å²) in [5.41, 5.74) is 3.85. The normalized spacial score (nSPS) is 17.5. The van der Waals surface area contributed by atoms with Crippen molar-refractivity contribution in [1.29, 1.82) is 0 Å². The molecule has 0 bridgehead atoms. The topological polar surface area (TPSA) is 102 Å². The number of fused-ring (bicyclic) bond motifs is 1. The molecule has 0 radical (unpaired) electrons. The van der Waals surface area contributed by atoms with E-state index in [1.807, 2.05) is 53.9 Å². The number of ether oxygens (including phenoxy) is 6. The summed E-state index contributed by atoms with van der Waals surface area (Å²) in [6, 6.07) is 16.7. The first-order valence-electron chi connectivity index (χ1n) is 14.7. The number of thiazole rings is 1. The molecule has 0 N–H and O–H groups in total. The number of Topliss-reactive ketones (excluding diaryl/α,β-unsaturated/α-hetero) is 1. The molecule has 0 aliphatic carbocycles. The van der Waals surface area contributed by atoms with Gasteiger partial charge >= 0.3 is 5.97 Å². The lowest BCUT2D eigenvalue weighted by atomic mass is 9.82. The maximum absolute atomic E-state index is 14.7. The van der Waals surface area contributed by atoms with E-state index >= 15 is 0 Å². The van der Waals surface area contributed by atoms with Crippen molar-refractivity contribution >= 4 is 34.7 Å². The van der Waals surface area contributed by atoms with E-state index in [1.165, 1.54) is 18.4 Å². The third-order valence-corrected chi connectivity index (χ3v) is 9.23. The predicted octanol–water partition coefficient (Wildman–Crippen LogP) is 6.56. The number of para-hydroxylation sites is 1. The first-order chi connectivity index (χ1) is 22.3. The molecule has 1 aliphatic heterocycles. The first kappa shape index (κ1) is 33.2. The molecule has 3 aromatic carbocycles.